The number of carbonyl (C=O) groups excluding carboxylic acids is 1. The van der Waals surface area contributed by atoms with Gasteiger partial charge in [-0.25, -0.2) is 0 Å². The minimum Gasteiger partial charge on any atom is -0.361 e. The summed E-state index contributed by atoms with van der Waals surface area (Å²) in [5, 5.41) is 7.86. The lowest BCUT2D eigenvalue weighted by Gasteiger charge is -2.05. The number of hydrogen-bond acceptors (Lipinski definition) is 2. The fourth-order valence-electron chi connectivity index (χ4n) is 1.92. The number of aryl methyl sites for hydroxylation is 1. The van der Waals surface area contributed by atoms with Crippen molar-refractivity contribution < 1.29 is 4.79 Å². The predicted molar refractivity (Wildman–Crippen MR) is 75.3 cm³/mol. The second-order valence-corrected chi connectivity index (χ2v) is 4.95. The number of H-pyrrole nitrogens is 1. The predicted octanol–water partition coefficient (Wildman–Crippen LogP) is 3.79. The zero-order valence-corrected chi connectivity index (χ0v) is 10.7. The molecule has 4 heteroatoms. The van der Waals surface area contributed by atoms with Crippen LogP contribution in [-0.4, -0.2) is 10.9 Å². The van der Waals surface area contributed by atoms with Crippen LogP contribution in [0.25, 0.3) is 10.9 Å². The first-order chi connectivity index (χ1) is 8.74. The highest BCUT2D eigenvalue weighted by atomic mass is 32.1. The molecule has 2 aromatic heterocycles. The number of aromatic amines is 1. The third kappa shape index (κ3) is 1.91. The number of thiophene rings is 1. The van der Waals surface area contributed by atoms with Crippen LogP contribution in [0.4, 0.5) is 5.69 Å². The number of rotatable bonds is 2. The third-order valence-corrected chi connectivity index (χ3v) is 3.77. The smallest absolute Gasteiger partial charge is 0.256 e. The summed E-state index contributed by atoms with van der Waals surface area (Å²) in [7, 11) is 0. The van der Waals surface area contributed by atoms with Crippen molar-refractivity contribution >= 4 is 33.8 Å². The fourth-order valence-corrected chi connectivity index (χ4v) is 2.75. The zero-order valence-electron chi connectivity index (χ0n) is 9.86. The molecule has 2 heterocycles. The summed E-state index contributed by atoms with van der Waals surface area (Å²) in [4.78, 5) is 15.2. The number of anilines is 1. The molecule has 0 unspecified atom stereocenters. The van der Waals surface area contributed by atoms with E-state index >= 15 is 0 Å². The highest BCUT2D eigenvalue weighted by molar-refractivity contribution is 7.08. The number of benzene rings is 1. The standard InChI is InChI=1S/C14H12N2OS/c1-9-7-18-8-12(9)14(17)16-11-2-3-13-10(6-11)4-5-15-13/h2-8,15H,1H3,(H,16,17). The van der Waals surface area contributed by atoms with E-state index in [-0.39, 0.29) is 5.91 Å². The molecule has 0 radical (unpaired) electrons. The van der Waals surface area contributed by atoms with Gasteiger partial charge in [-0.1, -0.05) is 0 Å². The number of amides is 1. The average Bonchev–Trinajstić information content (AvgIpc) is 2.96. The van der Waals surface area contributed by atoms with Gasteiger partial charge in [0.05, 0.1) is 5.56 Å². The van der Waals surface area contributed by atoms with E-state index in [1.807, 2.05) is 48.1 Å². The Kier molecular flexibility index (Phi) is 2.64. The van der Waals surface area contributed by atoms with Crippen molar-refractivity contribution in [2.24, 2.45) is 0 Å². The van der Waals surface area contributed by atoms with Crippen LogP contribution in [0.15, 0.2) is 41.2 Å². The van der Waals surface area contributed by atoms with Crippen LogP contribution in [-0.2, 0) is 0 Å². The van der Waals surface area contributed by atoms with Gasteiger partial charge in [-0.3, -0.25) is 4.79 Å². The summed E-state index contributed by atoms with van der Waals surface area (Å²) in [6.07, 6.45) is 1.89. The Bertz CT molecular complexity index is 711. The molecule has 0 aliphatic heterocycles. The van der Waals surface area contributed by atoms with Gasteiger partial charge in [-0.05, 0) is 42.1 Å². The van der Waals surface area contributed by atoms with E-state index in [4.69, 9.17) is 0 Å². The van der Waals surface area contributed by atoms with Crippen molar-refractivity contribution in [2.45, 2.75) is 6.92 Å². The van der Waals surface area contributed by atoms with Crippen molar-refractivity contribution in [1.82, 2.24) is 4.98 Å². The van der Waals surface area contributed by atoms with Crippen LogP contribution in [0.5, 0.6) is 0 Å². The van der Waals surface area contributed by atoms with Crippen molar-refractivity contribution in [1.29, 1.82) is 0 Å². The first kappa shape index (κ1) is 11.0. The van der Waals surface area contributed by atoms with Crippen LogP contribution >= 0.6 is 11.3 Å². The van der Waals surface area contributed by atoms with Gasteiger partial charge in [0, 0.05) is 28.2 Å². The van der Waals surface area contributed by atoms with Crippen molar-refractivity contribution in [3.8, 4) is 0 Å². The number of fused-ring (bicyclic) bond motifs is 1. The fraction of sp³-hybridized carbons (Fsp3) is 0.0714. The Morgan fingerprint density at radius 2 is 2.17 bits per heavy atom. The first-order valence-electron chi connectivity index (χ1n) is 5.65. The van der Waals surface area contributed by atoms with Crippen LogP contribution < -0.4 is 5.32 Å². The summed E-state index contributed by atoms with van der Waals surface area (Å²) in [6, 6.07) is 7.82. The topological polar surface area (TPSA) is 44.9 Å². The van der Waals surface area contributed by atoms with Gasteiger partial charge in [0.2, 0.25) is 0 Å². The molecule has 0 fully saturated rings. The van der Waals surface area contributed by atoms with Crippen LogP contribution in [0.2, 0.25) is 0 Å². The lowest BCUT2D eigenvalue weighted by atomic mass is 10.2. The number of carbonyl (C=O) groups is 1. The Morgan fingerprint density at radius 3 is 2.94 bits per heavy atom. The van der Waals surface area contributed by atoms with Gasteiger partial charge in [0.25, 0.3) is 5.91 Å². The van der Waals surface area contributed by atoms with Gasteiger partial charge in [-0.15, -0.1) is 0 Å². The molecule has 2 N–H and O–H groups in total. The van der Waals surface area contributed by atoms with Crippen molar-refractivity contribution in [3.63, 3.8) is 0 Å². The van der Waals surface area contributed by atoms with Crippen LogP contribution in [0.1, 0.15) is 15.9 Å². The minimum absolute atomic E-state index is 0.0522. The molecule has 3 rings (SSSR count). The molecular formula is C14H12N2OS. The van der Waals surface area contributed by atoms with Gasteiger partial charge in [-0.2, -0.15) is 11.3 Å². The number of hydrogen-bond donors (Lipinski definition) is 2. The maximum atomic E-state index is 12.1. The summed E-state index contributed by atoms with van der Waals surface area (Å²) in [6.45, 7) is 1.95. The Balaban J connectivity index is 1.88. The maximum absolute atomic E-state index is 12.1. The Labute approximate surface area is 108 Å². The summed E-state index contributed by atoms with van der Waals surface area (Å²) in [5.41, 5.74) is 3.65. The molecule has 90 valence electrons. The minimum atomic E-state index is -0.0522. The molecule has 3 nitrogen and oxygen atoms in total. The second-order valence-electron chi connectivity index (χ2n) is 4.20. The molecule has 18 heavy (non-hydrogen) atoms. The molecule has 0 aliphatic carbocycles. The average molecular weight is 256 g/mol. The molecule has 3 aromatic rings. The summed E-state index contributed by atoms with van der Waals surface area (Å²) < 4.78 is 0. The van der Waals surface area contributed by atoms with Crippen molar-refractivity contribution in [3.05, 3.63) is 52.3 Å². The van der Waals surface area contributed by atoms with Gasteiger partial charge >= 0.3 is 0 Å². The van der Waals surface area contributed by atoms with E-state index < -0.39 is 0 Å². The number of nitrogens with one attached hydrogen (secondary N) is 2. The second kappa shape index (κ2) is 4.31. The van der Waals surface area contributed by atoms with E-state index in [9.17, 15) is 4.79 Å². The monoisotopic (exact) mass is 256 g/mol. The van der Waals surface area contributed by atoms with Gasteiger partial charge in [0.15, 0.2) is 0 Å². The van der Waals surface area contributed by atoms with Crippen LogP contribution in [0, 0.1) is 6.92 Å². The zero-order chi connectivity index (χ0) is 12.5. The molecule has 1 aromatic carbocycles. The molecule has 0 atom stereocenters. The lowest BCUT2D eigenvalue weighted by molar-refractivity contribution is 0.102. The molecule has 0 saturated carbocycles. The third-order valence-electron chi connectivity index (χ3n) is 2.91. The summed E-state index contributed by atoms with van der Waals surface area (Å²) >= 11 is 1.54. The van der Waals surface area contributed by atoms with E-state index in [1.54, 1.807) is 11.3 Å². The highest BCUT2D eigenvalue weighted by Gasteiger charge is 2.10. The van der Waals surface area contributed by atoms with Gasteiger partial charge in [0.1, 0.15) is 0 Å². The van der Waals surface area contributed by atoms with Crippen molar-refractivity contribution in [2.75, 3.05) is 5.32 Å². The molecule has 1 amide bonds. The SMILES string of the molecule is Cc1cscc1C(=O)Nc1ccc2[nH]ccc2c1. The lowest BCUT2D eigenvalue weighted by Crippen LogP contribution is -2.11. The quantitative estimate of drug-likeness (QED) is 0.720. The van der Waals surface area contributed by atoms with Crippen LogP contribution in [0.3, 0.4) is 0 Å². The number of aromatic nitrogens is 1. The molecule has 0 aliphatic rings. The molecule has 0 saturated heterocycles. The van der Waals surface area contributed by atoms with Gasteiger partial charge < -0.3 is 10.3 Å². The maximum Gasteiger partial charge on any atom is 0.256 e. The summed E-state index contributed by atoms with van der Waals surface area (Å²) in [5.74, 6) is -0.0522. The Morgan fingerprint density at radius 1 is 1.28 bits per heavy atom. The first-order valence-corrected chi connectivity index (χ1v) is 6.59. The molecular weight excluding hydrogens is 244 g/mol. The molecule has 0 bridgehead atoms. The van der Waals surface area contributed by atoms with E-state index in [0.29, 0.717) is 0 Å². The van der Waals surface area contributed by atoms with E-state index in [1.165, 1.54) is 0 Å². The van der Waals surface area contributed by atoms with E-state index in [2.05, 4.69) is 10.3 Å². The Hall–Kier alpha value is -2.07. The van der Waals surface area contributed by atoms with E-state index in [0.717, 1.165) is 27.7 Å². The highest BCUT2D eigenvalue weighted by Crippen LogP contribution is 2.20. The largest absolute Gasteiger partial charge is 0.361 e. The normalized spacial score (nSPS) is 10.7. The molecule has 0 spiro atoms.